The number of rotatable bonds is 4. The van der Waals surface area contributed by atoms with Crippen molar-refractivity contribution in [1.29, 1.82) is 0 Å². The van der Waals surface area contributed by atoms with Crippen LogP contribution in [0.1, 0.15) is 25.0 Å². The van der Waals surface area contributed by atoms with Crippen LogP contribution in [0.2, 0.25) is 0 Å². The molecule has 0 aliphatic heterocycles. The Labute approximate surface area is 398 Å². The van der Waals surface area contributed by atoms with Gasteiger partial charge in [0.25, 0.3) is 0 Å². The number of fused-ring (bicyclic) bond motifs is 14. The van der Waals surface area contributed by atoms with Crippen LogP contribution in [0.5, 0.6) is 0 Å². The van der Waals surface area contributed by atoms with Gasteiger partial charge in [0, 0.05) is 54.5 Å². The lowest BCUT2D eigenvalue weighted by Crippen LogP contribution is -2.14. The number of benzene rings is 11. The zero-order valence-corrected chi connectivity index (χ0v) is 38.1. The lowest BCUT2D eigenvalue weighted by atomic mass is 9.82. The number of aromatic nitrogens is 4. The molecule has 3 heterocycles. The van der Waals surface area contributed by atoms with Crippen molar-refractivity contribution in [1.82, 2.24) is 19.1 Å². The molecule has 11 aromatic carbocycles. The molecule has 0 spiro atoms. The molecule has 69 heavy (non-hydrogen) atoms. The van der Waals surface area contributed by atoms with Crippen molar-refractivity contribution in [2.45, 2.75) is 19.3 Å². The van der Waals surface area contributed by atoms with Crippen LogP contribution in [0, 0.1) is 0 Å². The first-order valence-corrected chi connectivity index (χ1v) is 23.9. The van der Waals surface area contributed by atoms with Crippen LogP contribution in [-0.4, -0.2) is 19.1 Å². The minimum Gasteiger partial charge on any atom is -0.309 e. The maximum absolute atomic E-state index is 5.49. The standard InChI is InChI=1S/C65H42N4/c1-65(2)53-25-8-5-22-49(53)61-50(24-15-26-54(61)65)63-62(66-55-27-9-10-28-56(55)67-63)47-23-13-17-40-36-42(33-35-43(40)47)68-57-29-11-7-21-46(57)52-37-41-18-14-31-59(51(41)38-60(52)68)69-58-30-12-6-20-45(58)48-34-32-39-16-3-4-19-44(39)64(48)69/h3-38H,1-2H3. The minimum absolute atomic E-state index is 0.136. The van der Waals surface area contributed by atoms with Gasteiger partial charge in [-0.25, -0.2) is 9.97 Å². The Morgan fingerprint density at radius 2 is 0.928 bits per heavy atom. The monoisotopic (exact) mass is 878 g/mol. The molecular weight excluding hydrogens is 837 g/mol. The van der Waals surface area contributed by atoms with Crippen LogP contribution >= 0.6 is 0 Å². The summed E-state index contributed by atoms with van der Waals surface area (Å²) in [4.78, 5) is 11.0. The highest BCUT2D eigenvalue weighted by Gasteiger charge is 2.37. The Morgan fingerprint density at radius 1 is 0.348 bits per heavy atom. The third kappa shape index (κ3) is 5.34. The second-order valence-corrected chi connectivity index (χ2v) is 19.3. The van der Waals surface area contributed by atoms with E-state index < -0.39 is 0 Å². The molecule has 0 radical (unpaired) electrons. The number of para-hydroxylation sites is 4. The van der Waals surface area contributed by atoms with Gasteiger partial charge in [-0.15, -0.1) is 0 Å². The van der Waals surface area contributed by atoms with E-state index in [1.165, 1.54) is 93.1 Å². The molecule has 4 nitrogen and oxygen atoms in total. The van der Waals surface area contributed by atoms with Gasteiger partial charge in [-0.3, -0.25) is 0 Å². The lowest BCUT2D eigenvalue weighted by molar-refractivity contribution is 0.660. The summed E-state index contributed by atoms with van der Waals surface area (Å²) in [5, 5.41) is 12.1. The molecule has 0 amide bonds. The van der Waals surface area contributed by atoms with Crippen molar-refractivity contribution in [2.75, 3.05) is 0 Å². The van der Waals surface area contributed by atoms with Crippen molar-refractivity contribution in [3.05, 3.63) is 230 Å². The van der Waals surface area contributed by atoms with Crippen molar-refractivity contribution in [2.24, 2.45) is 0 Å². The molecule has 4 heteroatoms. The number of hydrogen-bond donors (Lipinski definition) is 0. The van der Waals surface area contributed by atoms with Crippen molar-refractivity contribution < 1.29 is 0 Å². The third-order valence-electron chi connectivity index (χ3n) is 15.3. The Kier molecular flexibility index (Phi) is 7.81. The highest BCUT2D eigenvalue weighted by molar-refractivity contribution is 6.20. The van der Waals surface area contributed by atoms with Crippen LogP contribution < -0.4 is 0 Å². The van der Waals surface area contributed by atoms with Gasteiger partial charge in [0.2, 0.25) is 0 Å². The van der Waals surface area contributed by atoms with Gasteiger partial charge < -0.3 is 9.13 Å². The molecule has 0 saturated carbocycles. The maximum Gasteiger partial charge on any atom is 0.0979 e. The highest BCUT2D eigenvalue weighted by atomic mass is 15.0. The Hall–Kier alpha value is -8.86. The second-order valence-electron chi connectivity index (χ2n) is 19.3. The second kappa shape index (κ2) is 14.1. The summed E-state index contributed by atoms with van der Waals surface area (Å²) >= 11 is 0. The van der Waals surface area contributed by atoms with Crippen LogP contribution in [0.3, 0.4) is 0 Å². The lowest BCUT2D eigenvalue weighted by Gasteiger charge is -2.21. The summed E-state index contributed by atoms with van der Waals surface area (Å²) in [6.45, 7) is 4.67. The van der Waals surface area contributed by atoms with E-state index in [0.29, 0.717) is 0 Å². The predicted octanol–water partition coefficient (Wildman–Crippen LogP) is 16.9. The topological polar surface area (TPSA) is 35.6 Å². The van der Waals surface area contributed by atoms with Crippen LogP contribution in [0.15, 0.2) is 218 Å². The fourth-order valence-corrected chi connectivity index (χ4v) is 12.1. The van der Waals surface area contributed by atoms with Crippen LogP contribution in [0.25, 0.3) is 132 Å². The molecule has 0 fully saturated rings. The smallest absolute Gasteiger partial charge is 0.0979 e. The van der Waals surface area contributed by atoms with E-state index in [1.54, 1.807) is 0 Å². The van der Waals surface area contributed by atoms with Crippen LogP contribution in [0.4, 0.5) is 0 Å². The van der Waals surface area contributed by atoms with Crippen LogP contribution in [-0.2, 0) is 5.41 Å². The molecule has 1 aliphatic rings. The summed E-state index contributed by atoms with van der Waals surface area (Å²) < 4.78 is 4.96. The van der Waals surface area contributed by atoms with Crippen molar-refractivity contribution in [3.8, 4) is 45.0 Å². The molecule has 1 aliphatic carbocycles. The number of nitrogens with zero attached hydrogens (tertiary/aromatic N) is 4. The summed E-state index contributed by atoms with van der Waals surface area (Å²) in [6.07, 6.45) is 0. The van der Waals surface area contributed by atoms with Gasteiger partial charge in [-0.05, 0) is 98.4 Å². The van der Waals surface area contributed by atoms with Gasteiger partial charge in [0.05, 0.1) is 50.2 Å². The zero-order valence-electron chi connectivity index (χ0n) is 38.1. The minimum atomic E-state index is -0.136. The molecule has 0 N–H and O–H groups in total. The zero-order chi connectivity index (χ0) is 45.5. The third-order valence-corrected chi connectivity index (χ3v) is 15.3. The molecule has 0 atom stereocenters. The Morgan fingerprint density at radius 3 is 1.75 bits per heavy atom. The van der Waals surface area contributed by atoms with Crippen molar-refractivity contribution >= 4 is 87.0 Å². The van der Waals surface area contributed by atoms with E-state index in [9.17, 15) is 0 Å². The normalized spacial score (nSPS) is 13.2. The van der Waals surface area contributed by atoms with E-state index >= 15 is 0 Å². The van der Waals surface area contributed by atoms with E-state index in [-0.39, 0.29) is 5.41 Å². The molecule has 0 unspecified atom stereocenters. The summed E-state index contributed by atoms with van der Waals surface area (Å²) in [7, 11) is 0. The molecule has 14 aromatic rings. The first-order chi connectivity index (χ1) is 34.0. The quantitative estimate of drug-likeness (QED) is 0.177. The van der Waals surface area contributed by atoms with Gasteiger partial charge in [0.1, 0.15) is 0 Å². The van der Waals surface area contributed by atoms with Gasteiger partial charge >= 0.3 is 0 Å². The average Bonchev–Trinajstić information content (AvgIpc) is 4.00. The van der Waals surface area contributed by atoms with E-state index in [1.807, 2.05) is 0 Å². The van der Waals surface area contributed by atoms with Crippen molar-refractivity contribution in [3.63, 3.8) is 0 Å². The molecule has 322 valence electrons. The van der Waals surface area contributed by atoms with E-state index in [4.69, 9.17) is 9.97 Å². The summed E-state index contributed by atoms with van der Waals surface area (Å²) in [5.41, 5.74) is 17.8. The fourth-order valence-electron chi connectivity index (χ4n) is 12.1. The SMILES string of the molecule is CC1(C)c2ccccc2-c2c(-c3nc4ccccc4nc3-c3cccc4cc(-n5c6ccccc6c6cc7cccc(-n8c9ccccc9c9ccc%10ccccc%10c98)c7cc65)ccc34)cccc21. The molecule has 15 rings (SSSR count). The van der Waals surface area contributed by atoms with Gasteiger partial charge in [-0.1, -0.05) is 178 Å². The molecular formula is C65H42N4. The highest BCUT2D eigenvalue weighted by Crippen LogP contribution is 2.53. The largest absolute Gasteiger partial charge is 0.309 e. The van der Waals surface area contributed by atoms with E-state index in [0.717, 1.165) is 50.0 Å². The Balaban J connectivity index is 0.955. The van der Waals surface area contributed by atoms with Gasteiger partial charge in [-0.2, -0.15) is 0 Å². The Bertz CT molecular complexity index is 4530. The van der Waals surface area contributed by atoms with E-state index in [2.05, 4.69) is 241 Å². The summed E-state index contributed by atoms with van der Waals surface area (Å²) in [5.74, 6) is 0. The molecule has 0 bridgehead atoms. The molecule has 3 aromatic heterocycles. The number of hydrogen-bond acceptors (Lipinski definition) is 2. The predicted molar refractivity (Wildman–Crippen MR) is 289 cm³/mol. The fraction of sp³-hybridized carbons (Fsp3) is 0.0462. The molecule has 0 saturated heterocycles. The average molecular weight is 879 g/mol. The first-order valence-electron chi connectivity index (χ1n) is 23.9. The maximum atomic E-state index is 5.49. The van der Waals surface area contributed by atoms with Gasteiger partial charge in [0.15, 0.2) is 0 Å². The first kappa shape index (κ1) is 38.3. The summed E-state index contributed by atoms with van der Waals surface area (Å²) in [6, 6.07) is 80.0.